The Hall–Kier alpha value is -2.47. The average molecular weight is 308 g/mol. The fraction of sp³-hybridized carbons (Fsp3) is 0.353. The number of aromatic nitrogens is 4. The third-order valence-corrected chi connectivity index (χ3v) is 4.57. The Morgan fingerprint density at radius 1 is 1.26 bits per heavy atom. The number of nitrogens with one attached hydrogen (secondary N) is 2. The van der Waals surface area contributed by atoms with Gasteiger partial charge in [0.05, 0.1) is 17.3 Å². The minimum absolute atomic E-state index is 0.414. The second-order valence-electron chi connectivity index (χ2n) is 6.07. The molecule has 1 saturated heterocycles. The molecule has 1 aliphatic heterocycles. The quantitative estimate of drug-likeness (QED) is 0.776. The number of nitrogens with zero attached hydrogens (tertiary/aromatic N) is 4. The SMILES string of the molecule is Cc1cccc(-n2ncc3c(NC4CCNC4)ncnc32)c1C. The van der Waals surface area contributed by atoms with Crippen molar-refractivity contribution in [1.82, 2.24) is 25.1 Å². The number of aryl methyl sites for hydroxylation is 1. The van der Waals surface area contributed by atoms with Crippen molar-refractivity contribution in [3.63, 3.8) is 0 Å². The lowest BCUT2D eigenvalue weighted by Crippen LogP contribution is -2.22. The van der Waals surface area contributed by atoms with Gasteiger partial charge in [-0.25, -0.2) is 14.6 Å². The predicted octanol–water partition coefficient (Wildman–Crippen LogP) is 2.21. The van der Waals surface area contributed by atoms with Crippen molar-refractivity contribution in [1.29, 1.82) is 0 Å². The molecule has 1 aliphatic rings. The number of anilines is 1. The Balaban J connectivity index is 1.79. The van der Waals surface area contributed by atoms with Gasteiger partial charge in [0, 0.05) is 12.6 Å². The summed E-state index contributed by atoms with van der Waals surface area (Å²) in [5.41, 5.74) is 4.36. The highest BCUT2D eigenvalue weighted by molar-refractivity contribution is 5.87. The van der Waals surface area contributed by atoms with Crippen molar-refractivity contribution >= 4 is 16.9 Å². The van der Waals surface area contributed by atoms with Gasteiger partial charge >= 0.3 is 0 Å². The van der Waals surface area contributed by atoms with Crippen LogP contribution in [-0.4, -0.2) is 38.9 Å². The smallest absolute Gasteiger partial charge is 0.168 e. The first kappa shape index (κ1) is 14.1. The summed E-state index contributed by atoms with van der Waals surface area (Å²) >= 11 is 0. The first-order chi connectivity index (χ1) is 11.2. The van der Waals surface area contributed by atoms with Gasteiger partial charge in [0.25, 0.3) is 0 Å². The van der Waals surface area contributed by atoms with Crippen LogP contribution in [0.1, 0.15) is 17.5 Å². The van der Waals surface area contributed by atoms with E-state index in [9.17, 15) is 0 Å². The molecule has 118 valence electrons. The number of rotatable bonds is 3. The minimum Gasteiger partial charge on any atom is -0.365 e. The molecule has 4 rings (SSSR count). The Kier molecular flexibility index (Phi) is 3.46. The molecule has 0 aliphatic carbocycles. The second kappa shape index (κ2) is 5.62. The van der Waals surface area contributed by atoms with Gasteiger partial charge in [-0.05, 0) is 44.0 Å². The van der Waals surface area contributed by atoms with Gasteiger partial charge < -0.3 is 10.6 Å². The molecular formula is C17H20N6. The van der Waals surface area contributed by atoms with E-state index in [-0.39, 0.29) is 0 Å². The summed E-state index contributed by atoms with van der Waals surface area (Å²) in [5.74, 6) is 0.861. The molecule has 0 amide bonds. The monoisotopic (exact) mass is 308 g/mol. The van der Waals surface area contributed by atoms with Gasteiger partial charge in [-0.1, -0.05) is 12.1 Å². The lowest BCUT2D eigenvalue weighted by molar-refractivity contribution is 0.789. The Morgan fingerprint density at radius 2 is 2.17 bits per heavy atom. The standard InChI is InChI=1S/C17H20N6/c1-11-4-3-5-15(12(11)2)23-17-14(9-21-23)16(19-10-20-17)22-13-6-7-18-8-13/h3-5,9-10,13,18H,6-8H2,1-2H3,(H,19,20,22). The van der Waals surface area contributed by atoms with Crippen molar-refractivity contribution in [3.05, 3.63) is 41.9 Å². The van der Waals surface area contributed by atoms with E-state index in [0.29, 0.717) is 6.04 Å². The number of hydrogen-bond acceptors (Lipinski definition) is 5. The van der Waals surface area contributed by atoms with Crippen LogP contribution in [0.5, 0.6) is 0 Å². The van der Waals surface area contributed by atoms with Gasteiger partial charge in [0.2, 0.25) is 0 Å². The zero-order valence-electron chi connectivity index (χ0n) is 13.4. The summed E-state index contributed by atoms with van der Waals surface area (Å²) in [5, 5.41) is 12.4. The molecule has 3 aromatic rings. The van der Waals surface area contributed by atoms with Crippen LogP contribution in [0.4, 0.5) is 5.82 Å². The maximum atomic E-state index is 4.56. The molecule has 23 heavy (non-hydrogen) atoms. The highest BCUT2D eigenvalue weighted by atomic mass is 15.3. The zero-order valence-corrected chi connectivity index (χ0v) is 13.4. The van der Waals surface area contributed by atoms with E-state index in [1.807, 2.05) is 10.9 Å². The largest absolute Gasteiger partial charge is 0.365 e. The predicted molar refractivity (Wildman–Crippen MR) is 91.0 cm³/mol. The molecule has 0 radical (unpaired) electrons. The molecule has 1 aromatic carbocycles. The number of fused-ring (bicyclic) bond motifs is 1. The number of benzene rings is 1. The molecule has 1 unspecified atom stereocenters. The third-order valence-electron chi connectivity index (χ3n) is 4.57. The first-order valence-electron chi connectivity index (χ1n) is 7.96. The van der Waals surface area contributed by atoms with E-state index in [0.717, 1.165) is 42.0 Å². The van der Waals surface area contributed by atoms with Crippen LogP contribution < -0.4 is 10.6 Å². The van der Waals surface area contributed by atoms with Gasteiger partial charge in [-0.3, -0.25) is 0 Å². The van der Waals surface area contributed by atoms with Gasteiger partial charge in [-0.2, -0.15) is 5.10 Å². The van der Waals surface area contributed by atoms with Crippen molar-refractivity contribution in [2.24, 2.45) is 0 Å². The zero-order chi connectivity index (χ0) is 15.8. The fourth-order valence-electron chi connectivity index (χ4n) is 3.07. The van der Waals surface area contributed by atoms with Crippen LogP contribution in [0.2, 0.25) is 0 Å². The molecule has 0 bridgehead atoms. The molecule has 1 fully saturated rings. The van der Waals surface area contributed by atoms with Crippen LogP contribution in [-0.2, 0) is 0 Å². The first-order valence-corrected chi connectivity index (χ1v) is 7.96. The van der Waals surface area contributed by atoms with Crippen molar-refractivity contribution < 1.29 is 0 Å². The van der Waals surface area contributed by atoms with Crippen molar-refractivity contribution in [3.8, 4) is 5.69 Å². The molecule has 6 heteroatoms. The molecule has 2 N–H and O–H groups in total. The maximum absolute atomic E-state index is 4.56. The number of hydrogen-bond donors (Lipinski definition) is 2. The van der Waals surface area contributed by atoms with Crippen LogP contribution in [0, 0.1) is 13.8 Å². The summed E-state index contributed by atoms with van der Waals surface area (Å²) < 4.78 is 1.90. The molecule has 3 heterocycles. The van der Waals surface area contributed by atoms with E-state index >= 15 is 0 Å². The topological polar surface area (TPSA) is 67.7 Å². The molecular weight excluding hydrogens is 288 g/mol. The van der Waals surface area contributed by atoms with Crippen molar-refractivity contribution in [2.45, 2.75) is 26.3 Å². The van der Waals surface area contributed by atoms with E-state index in [2.05, 4.69) is 57.7 Å². The lowest BCUT2D eigenvalue weighted by Gasteiger charge is -2.13. The highest BCUT2D eigenvalue weighted by Crippen LogP contribution is 2.25. The van der Waals surface area contributed by atoms with Crippen LogP contribution in [0.15, 0.2) is 30.7 Å². The Morgan fingerprint density at radius 3 is 3.00 bits per heavy atom. The van der Waals surface area contributed by atoms with Crippen molar-refractivity contribution in [2.75, 3.05) is 18.4 Å². The molecule has 6 nitrogen and oxygen atoms in total. The molecule has 1 atom stereocenters. The van der Waals surface area contributed by atoms with Crippen LogP contribution >= 0.6 is 0 Å². The summed E-state index contributed by atoms with van der Waals surface area (Å²) in [6, 6.07) is 6.65. The summed E-state index contributed by atoms with van der Waals surface area (Å²) in [6.45, 7) is 6.24. The second-order valence-corrected chi connectivity index (χ2v) is 6.07. The van der Waals surface area contributed by atoms with E-state index in [1.165, 1.54) is 11.1 Å². The fourth-order valence-corrected chi connectivity index (χ4v) is 3.07. The normalized spacial score (nSPS) is 17.7. The maximum Gasteiger partial charge on any atom is 0.168 e. The molecule has 0 spiro atoms. The van der Waals surface area contributed by atoms with Gasteiger partial charge in [0.15, 0.2) is 5.65 Å². The lowest BCUT2D eigenvalue weighted by atomic mass is 10.1. The van der Waals surface area contributed by atoms with Gasteiger partial charge in [0.1, 0.15) is 12.1 Å². The summed E-state index contributed by atoms with van der Waals surface area (Å²) in [4.78, 5) is 8.87. The van der Waals surface area contributed by atoms with E-state index < -0.39 is 0 Å². The van der Waals surface area contributed by atoms with Gasteiger partial charge in [-0.15, -0.1) is 0 Å². The highest BCUT2D eigenvalue weighted by Gasteiger charge is 2.18. The minimum atomic E-state index is 0.414. The average Bonchev–Trinajstić information content (AvgIpc) is 3.20. The molecule has 0 saturated carbocycles. The Bertz CT molecular complexity index is 847. The van der Waals surface area contributed by atoms with E-state index in [4.69, 9.17) is 0 Å². The van der Waals surface area contributed by atoms with Crippen LogP contribution in [0.3, 0.4) is 0 Å². The summed E-state index contributed by atoms with van der Waals surface area (Å²) in [7, 11) is 0. The van der Waals surface area contributed by atoms with Crippen LogP contribution in [0.25, 0.3) is 16.7 Å². The molecule has 2 aromatic heterocycles. The third kappa shape index (κ3) is 2.45. The summed E-state index contributed by atoms with van der Waals surface area (Å²) in [6.07, 6.45) is 4.56. The van der Waals surface area contributed by atoms with E-state index in [1.54, 1.807) is 6.33 Å². The Labute approximate surface area is 135 Å².